The van der Waals surface area contributed by atoms with E-state index in [-0.39, 0.29) is 25.2 Å². The lowest BCUT2D eigenvalue weighted by Crippen LogP contribution is -2.39. The minimum atomic E-state index is -0.141. The van der Waals surface area contributed by atoms with Gasteiger partial charge in [-0.15, -0.1) is 0 Å². The highest BCUT2D eigenvalue weighted by molar-refractivity contribution is 5.98. The first-order valence-corrected chi connectivity index (χ1v) is 6.26. The van der Waals surface area contributed by atoms with Gasteiger partial charge >= 0.3 is 0 Å². The lowest BCUT2D eigenvalue weighted by Gasteiger charge is -2.15. The van der Waals surface area contributed by atoms with Crippen molar-refractivity contribution >= 4 is 11.8 Å². The molecule has 0 aromatic heterocycles. The number of rotatable bonds is 2. The van der Waals surface area contributed by atoms with Crippen LogP contribution < -0.4 is 5.32 Å². The lowest BCUT2D eigenvalue weighted by atomic mass is 10.0. The second-order valence-electron chi connectivity index (χ2n) is 3.70. The number of piperidine rings is 1. The zero-order valence-corrected chi connectivity index (χ0v) is 12.0. The summed E-state index contributed by atoms with van der Waals surface area (Å²) in [6.07, 6.45) is 6.64. The summed E-state index contributed by atoms with van der Waals surface area (Å²) >= 11 is 0. The molecule has 1 rings (SSSR count). The van der Waals surface area contributed by atoms with E-state index >= 15 is 0 Å². The highest BCUT2D eigenvalue weighted by Crippen LogP contribution is 2.09. The fraction of sp³-hybridized carbons (Fsp3) is 0.500. The molecule has 1 unspecified atom stereocenters. The van der Waals surface area contributed by atoms with Crippen molar-refractivity contribution in [1.82, 2.24) is 5.32 Å². The van der Waals surface area contributed by atoms with Crippen molar-refractivity contribution < 1.29 is 9.59 Å². The number of hydrogen-bond donors (Lipinski definition) is 1. The molecule has 1 N–H and O–H groups in total. The fourth-order valence-corrected chi connectivity index (χ4v) is 1.06. The third-order valence-corrected chi connectivity index (χ3v) is 2.22. The molecule has 1 fully saturated rings. The maximum atomic E-state index is 10.7. The number of carbonyl (C=O) groups excluding carboxylic acids is 2. The van der Waals surface area contributed by atoms with Crippen molar-refractivity contribution in [3.63, 3.8) is 0 Å². The Labute approximate surface area is 118 Å². The van der Waals surface area contributed by atoms with Gasteiger partial charge in [0, 0.05) is 12.3 Å². The van der Waals surface area contributed by atoms with Gasteiger partial charge in [-0.3, -0.25) is 14.9 Å². The van der Waals surface area contributed by atoms with Crippen molar-refractivity contribution in [2.24, 2.45) is 5.92 Å². The van der Waals surface area contributed by atoms with E-state index in [4.69, 9.17) is 0 Å². The summed E-state index contributed by atoms with van der Waals surface area (Å²) in [7, 11) is 0. The van der Waals surface area contributed by atoms with Crippen molar-refractivity contribution in [1.29, 1.82) is 0 Å². The molecular formula is C16H29NO2. The lowest BCUT2D eigenvalue weighted by molar-refractivity contribution is -0.135. The highest BCUT2D eigenvalue weighted by Gasteiger charge is 2.21. The number of allylic oxidation sites excluding steroid dienone is 4. The molecule has 19 heavy (non-hydrogen) atoms. The Morgan fingerprint density at radius 1 is 1.32 bits per heavy atom. The summed E-state index contributed by atoms with van der Waals surface area (Å²) in [5.41, 5.74) is 1.15. The molecular weight excluding hydrogens is 238 g/mol. The predicted octanol–water partition coefficient (Wildman–Crippen LogP) is 4.03. The van der Waals surface area contributed by atoms with Crippen molar-refractivity contribution in [3.8, 4) is 0 Å². The largest absolute Gasteiger partial charge is 0.296 e. The van der Waals surface area contributed by atoms with E-state index in [1.54, 1.807) is 12.2 Å². The Bertz CT molecular complexity index is 317. The van der Waals surface area contributed by atoms with Gasteiger partial charge in [0.2, 0.25) is 11.8 Å². The first kappa shape index (κ1) is 22.5. The Morgan fingerprint density at radius 3 is 2.11 bits per heavy atom. The predicted molar refractivity (Wildman–Crippen MR) is 83.8 cm³/mol. The molecule has 0 aliphatic carbocycles. The van der Waals surface area contributed by atoms with Gasteiger partial charge in [-0.25, -0.2) is 0 Å². The van der Waals surface area contributed by atoms with Crippen LogP contribution in [0, 0.1) is 5.92 Å². The molecule has 0 spiro atoms. The van der Waals surface area contributed by atoms with Gasteiger partial charge in [0.1, 0.15) is 0 Å². The van der Waals surface area contributed by atoms with Crippen molar-refractivity contribution in [2.45, 2.75) is 48.0 Å². The molecule has 110 valence electrons. The van der Waals surface area contributed by atoms with Crippen LogP contribution in [0.4, 0.5) is 0 Å². The molecule has 2 amide bonds. The monoisotopic (exact) mass is 267 g/mol. The van der Waals surface area contributed by atoms with Crippen LogP contribution in [0.15, 0.2) is 37.0 Å². The van der Waals surface area contributed by atoms with Gasteiger partial charge in [0.05, 0.1) is 0 Å². The first-order valence-electron chi connectivity index (χ1n) is 6.26. The number of amides is 2. The van der Waals surface area contributed by atoms with Crippen LogP contribution in [0.5, 0.6) is 0 Å². The highest BCUT2D eigenvalue weighted by atomic mass is 16.2. The van der Waals surface area contributed by atoms with E-state index < -0.39 is 0 Å². The second-order valence-corrected chi connectivity index (χ2v) is 3.70. The molecule has 0 radical (unpaired) electrons. The average Bonchev–Trinajstić information content (AvgIpc) is 2.38. The molecule has 1 aliphatic heterocycles. The summed E-state index contributed by atoms with van der Waals surface area (Å²) in [4.78, 5) is 21.2. The minimum absolute atomic E-state index is 0. The number of hydrogen-bond acceptors (Lipinski definition) is 2. The third kappa shape index (κ3) is 12.6. The number of carbonyl (C=O) groups is 2. The van der Waals surface area contributed by atoms with E-state index in [1.807, 2.05) is 33.8 Å². The first-order chi connectivity index (χ1) is 8.51. The third-order valence-electron chi connectivity index (χ3n) is 2.22. The maximum absolute atomic E-state index is 10.7. The Kier molecular flexibility index (Phi) is 17.1. The molecule has 3 nitrogen and oxygen atoms in total. The van der Waals surface area contributed by atoms with Gasteiger partial charge in [-0.05, 0) is 13.3 Å². The summed E-state index contributed by atoms with van der Waals surface area (Å²) in [6, 6.07) is 0. The number of nitrogens with one attached hydrogen (secondary N) is 1. The summed E-state index contributed by atoms with van der Waals surface area (Å²) < 4.78 is 0. The van der Waals surface area contributed by atoms with Gasteiger partial charge < -0.3 is 0 Å². The van der Waals surface area contributed by atoms with E-state index in [9.17, 15) is 9.59 Å². The second kappa shape index (κ2) is 14.4. The molecule has 0 bridgehead atoms. The van der Waals surface area contributed by atoms with Crippen LogP contribution in [0.2, 0.25) is 0 Å². The summed E-state index contributed by atoms with van der Waals surface area (Å²) in [5, 5.41) is 2.25. The topological polar surface area (TPSA) is 46.2 Å². The van der Waals surface area contributed by atoms with Crippen molar-refractivity contribution in [3.05, 3.63) is 37.0 Å². The summed E-state index contributed by atoms with van der Waals surface area (Å²) in [6.45, 7) is 14.9. The standard InChI is InChI=1S/C7H10.C6H9NO2.C2H6.CH4/c1-4-6-7(3)5-2;1-4-2-3-5(8)7-6(4)9;1-2;/h4-6H,1-2H2,3H3;4H,2-3H2,1H3,(H,7,8,9);1-2H3;1H4/b7-6-;;;. The Morgan fingerprint density at radius 2 is 1.84 bits per heavy atom. The Balaban J connectivity index is -0.000000233. The molecule has 0 saturated carbocycles. The molecule has 1 heterocycles. The van der Waals surface area contributed by atoms with Gasteiger partial charge in [0.15, 0.2) is 0 Å². The fourth-order valence-electron chi connectivity index (χ4n) is 1.06. The van der Waals surface area contributed by atoms with Crippen LogP contribution in [-0.2, 0) is 9.59 Å². The van der Waals surface area contributed by atoms with E-state index in [2.05, 4.69) is 18.5 Å². The van der Waals surface area contributed by atoms with E-state index in [1.165, 1.54) is 0 Å². The van der Waals surface area contributed by atoms with Crippen LogP contribution in [0.3, 0.4) is 0 Å². The molecule has 3 heteroatoms. The van der Waals surface area contributed by atoms with Crippen molar-refractivity contribution in [2.75, 3.05) is 0 Å². The van der Waals surface area contributed by atoms with E-state index in [0.29, 0.717) is 12.8 Å². The van der Waals surface area contributed by atoms with Crippen LogP contribution in [0.1, 0.15) is 48.0 Å². The van der Waals surface area contributed by atoms with Gasteiger partial charge in [-0.2, -0.15) is 0 Å². The van der Waals surface area contributed by atoms with Crippen LogP contribution >= 0.6 is 0 Å². The smallest absolute Gasteiger partial charge is 0.229 e. The minimum Gasteiger partial charge on any atom is -0.296 e. The zero-order chi connectivity index (χ0) is 14.6. The maximum Gasteiger partial charge on any atom is 0.229 e. The van der Waals surface area contributed by atoms with Crippen LogP contribution in [-0.4, -0.2) is 11.8 Å². The molecule has 0 aromatic rings. The molecule has 1 atom stereocenters. The molecule has 1 aliphatic rings. The summed E-state index contributed by atoms with van der Waals surface area (Å²) in [5.74, 6) is -0.257. The quantitative estimate of drug-likeness (QED) is 0.606. The SMILES string of the molecule is C.C=C/C=C(/C)C=C.CC.CC1CCC(=O)NC1=O. The van der Waals surface area contributed by atoms with Crippen LogP contribution in [0.25, 0.3) is 0 Å². The Hall–Kier alpha value is -1.64. The zero-order valence-electron chi connectivity index (χ0n) is 12.0. The van der Waals surface area contributed by atoms with Gasteiger partial charge in [-0.1, -0.05) is 65.2 Å². The normalized spacial score (nSPS) is 17.5. The number of imide groups is 1. The van der Waals surface area contributed by atoms with E-state index in [0.717, 1.165) is 5.57 Å². The van der Waals surface area contributed by atoms with Gasteiger partial charge in [0.25, 0.3) is 0 Å². The molecule has 1 saturated heterocycles. The average molecular weight is 267 g/mol. The molecule has 0 aromatic carbocycles.